The van der Waals surface area contributed by atoms with Gasteiger partial charge in [0.15, 0.2) is 5.60 Å². The third-order valence-corrected chi connectivity index (χ3v) is 7.73. The van der Waals surface area contributed by atoms with Crippen LogP contribution >= 0.6 is 0 Å². The summed E-state index contributed by atoms with van der Waals surface area (Å²) in [6, 6.07) is 0. The van der Waals surface area contributed by atoms with Crippen LogP contribution in [0, 0.1) is 11.8 Å². The van der Waals surface area contributed by atoms with E-state index in [2.05, 4.69) is 4.90 Å². The summed E-state index contributed by atoms with van der Waals surface area (Å²) in [6.07, 6.45) is -2.06. The molecular formula is C21H31F3N2O5. The van der Waals surface area contributed by atoms with Crippen LogP contribution < -0.4 is 0 Å². The molecule has 5 fully saturated rings. The van der Waals surface area contributed by atoms with Crippen LogP contribution in [0.3, 0.4) is 0 Å². The molecule has 0 aromatic heterocycles. The zero-order valence-electron chi connectivity index (χ0n) is 17.8. The number of hydrogen-bond donors (Lipinski definition) is 1. The van der Waals surface area contributed by atoms with E-state index in [0.717, 1.165) is 32.4 Å². The molecule has 5 heterocycles. The Morgan fingerprint density at radius 2 is 1.81 bits per heavy atom. The second kappa shape index (κ2) is 7.85. The van der Waals surface area contributed by atoms with E-state index >= 15 is 0 Å². The molecule has 31 heavy (non-hydrogen) atoms. The molecule has 0 radical (unpaired) electrons. The number of aliphatic hydroxyl groups excluding tert-OH is 1. The highest BCUT2D eigenvalue weighted by atomic mass is 19.4. The smallest absolute Gasteiger partial charge is 0.449 e. The molecule has 2 bridgehead atoms. The van der Waals surface area contributed by atoms with Crippen LogP contribution in [0.4, 0.5) is 13.2 Å². The maximum Gasteiger partial charge on any atom is 0.449 e. The van der Waals surface area contributed by atoms with Gasteiger partial charge in [-0.3, -0.25) is 9.80 Å². The van der Waals surface area contributed by atoms with Crippen molar-refractivity contribution >= 4 is 0 Å². The first-order valence-corrected chi connectivity index (χ1v) is 11.3. The second-order valence-electron chi connectivity index (χ2n) is 9.63. The van der Waals surface area contributed by atoms with Crippen molar-refractivity contribution in [3.63, 3.8) is 0 Å². The Bertz CT molecular complexity index is 726. The monoisotopic (exact) mass is 448 g/mol. The molecule has 0 amide bonds. The molecule has 0 aromatic rings. The highest BCUT2D eigenvalue weighted by Crippen LogP contribution is 2.60. The van der Waals surface area contributed by atoms with E-state index in [1.165, 1.54) is 0 Å². The topological polar surface area (TPSA) is 63.6 Å². The predicted octanol–water partition coefficient (Wildman–Crippen LogP) is 2.41. The van der Waals surface area contributed by atoms with Crippen molar-refractivity contribution in [3.8, 4) is 0 Å². The Morgan fingerprint density at radius 1 is 1.06 bits per heavy atom. The third kappa shape index (κ3) is 3.69. The molecule has 0 aromatic carbocycles. The fraction of sp³-hybridized carbons (Fsp3) is 0.905. The first kappa shape index (κ1) is 21.9. The van der Waals surface area contributed by atoms with Gasteiger partial charge in [-0.05, 0) is 37.7 Å². The van der Waals surface area contributed by atoms with Crippen LogP contribution in [0.15, 0.2) is 11.3 Å². The molecule has 5 atom stereocenters. The predicted molar refractivity (Wildman–Crippen MR) is 102 cm³/mol. The molecule has 5 aliphatic heterocycles. The maximum atomic E-state index is 14.2. The summed E-state index contributed by atoms with van der Waals surface area (Å²) in [4.78, 5) is 15.8. The summed E-state index contributed by atoms with van der Waals surface area (Å²) in [5.74, 6) is -2.42. The maximum absolute atomic E-state index is 14.2. The Labute approximate surface area is 180 Å². The van der Waals surface area contributed by atoms with Crippen LogP contribution in [0.25, 0.3) is 0 Å². The molecule has 1 aliphatic carbocycles. The molecule has 6 aliphatic rings. The van der Waals surface area contributed by atoms with E-state index in [1.807, 2.05) is 4.90 Å². The van der Waals surface area contributed by atoms with Gasteiger partial charge in [-0.15, -0.1) is 0 Å². The van der Waals surface area contributed by atoms with Crippen LogP contribution in [-0.4, -0.2) is 84.6 Å². The van der Waals surface area contributed by atoms with Crippen molar-refractivity contribution < 1.29 is 37.5 Å². The first-order chi connectivity index (χ1) is 14.7. The molecular weight excluding hydrogens is 417 g/mol. The SMILES string of the molecule is CC12CCC3CCC[C@H]4C(CN5CCN(CCO)CC5)=C(C(F)(F)F)O[C@H](O1)C34OO2. The molecule has 6 rings (SSSR count). The Kier molecular flexibility index (Phi) is 5.55. The Hall–Kier alpha value is -0.910. The number of β-amino-alcohol motifs (C(OH)–C–C–N with tert-alkyl or cyclic N) is 1. The number of piperazine rings is 1. The molecule has 1 saturated carbocycles. The lowest BCUT2D eigenvalue weighted by Gasteiger charge is -2.56. The normalized spacial score (nSPS) is 41.6. The lowest BCUT2D eigenvalue weighted by molar-refractivity contribution is -0.556. The van der Waals surface area contributed by atoms with Gasteiger partial charge in [0.1, 0.15) is 0 Å². The lowest BCUT2D eigenvalue weighted by atomic mass is 9.63. The minimum Gasteiger partial charge on any atom is -0.456 e. The van der Waals surface area contributed by atoms with Gasteiger partial charge in [0.05, 0.1) is 6.61 Å². The molecule has 1 spiro atoms. The molecule has 4 saturated heterocycles. The molecule has 7 nitrogen and oxygen atoms in total. The molecule has 176 valence electrons. The average Bonchev–Trinajstić information content (AvgIpc) is 2.95. The highest BCUT2D eigenvalue weighted by Gasteiger charge is 2.69. The summed E-state index contributed by atoms with van der Waals surface area (Å²) < 4.78 is 54.1. The number of fused-ring (bicyclic) bond motifs is 2. The average molecular weight is 448 g/mol. The van der Waals surface area contributed by atoms with Crippen LogP contribution in [0.2, 0.25) is 0 Å². The number of halogens is 3. The van der Waals surface area contributed by atoms with Crippen LogP contribution in [0.1, 0.15) is 39.0 Å². The van der Waals surface area contributed by atoms with Crippen molar-refractivity contribution in [1.29, 1.82) is 0 Å². The van der Waals surface area contributed by atoms with Gasteiger partial charge in [-0.2, -0.15) is 13.2 Å². The number of rotatable bonds is 4. The van der Waals surface area contributed by atoms with E-state index in [0.29, 0.717) is 32.5 Å². The molecule has 10 heteroatoms. The number of allylic oxidation sites excluding steroid dienone is 1. The number of nitrogens with zero attached hydrogens (tertiary/aromatic N) is 2. The van der Waals surface area contributed by atoms with Gasteiger partial charge in [0.2, 0.25) is 17.8 Å². The summed E-state index contributed by atoms with van der Waals surface area (Å²) in [5, 5.41) is 9.14. The molecule has 3 unspecified atom stereocenters. The van der Waals surface area contributed by atoms with E-state index in [9.17, 15) is 13.2 Å². The van der Waals surface area contributed by atoms with Gasteiger partial charge >= 0.3 is 6.18 Å². The van der Waals surface area contributed by atoms with Crippen molar-refractivity contribution in [2.75, 3.05) is 45.9 Å². The largest absolute Gasteiger partial charge is 0.456 e. The lowest BCUT2D eigenvalue weighted by Crippen LogP contribution is -2.66. The number of ether oxygens (including phenoxy) is 2. The summed E-state index contributed by atoms with van der Waals surface area (Å²) in [6.45, 7) is 5.30. The van der Waals surface area contributed by atoms with E-state index < -0.39 is 35.5 Å². The van der Waals surface area contributed by atoms with Crippen molar-refractivity contribution in [2.45, 2.75) is 62.9 Å². The fourth-order valence-electron chi connectivity index (χ4n) is 6.12. The summed E-state index contributed by atoms with van der Waals surface area (Å²) in [7, 11) is 0. The van der Waals surface area contributed by atoms with E-state index in [4.69, 9.17) is 24.4 Å². The zero-order chi connectivity index (χ0) is 21.9. The van der Waals surface area contributed by atoms with Gasteiger partial charge in [0.25, 0.3) is 0 Å². The zero-order valence-corrected chi connectivity index (χ0v) is 17.8. The van der Waals surface area contributed by atoms with Gasteiger partial charge in [-0.1, -0.05) is 6.42 Å². The highest BCUT2D eigenvalue weighted by molar-refractivity contribution is 5.28. The fourth-order valence-corrected chi connectivity index (χ4v) is 6.12. The minimum atomic E-state index is -4.60. The summed E-state index contributed by atoms with van der Waals surface area (Å²) in [5.41, 5.74) is -0.765. The minimum absolute atomic E-state index is 0.0340. The number of aliphatic hydroxyl groups is 1. The van der Waals surface area contributed by atoms with Crippen molar-refractivity contribution in [2.24, 2.45) is 11.8 Å². The van der Waals surface area contributed by atoms with Crippen LogP contribution in [0.5, 0.6) is 0 Å². The summed E-state index contributed by atoms with van der Waals surface area (Å²) >= 11 is 0. The first-order valence-electron chi connectivity index (χ1n) is 11.3. The Balaban J connectivity index is 1.48. The van der Waals surface area contributed by atoms with Gasteiger partial charge in [0, 0.05) is 51.6 Å². The standard InChI is InChI=1S/C21H31F3N2O5/c1-19-6-5-14-3-2-4-16-15(13-26-9-7-25(8-10-26)11-12-27)17(21(22,23)24)28-18(29-19)20(14,16)31-30-19/h14,16,18,27H,2-13H2,1H3/t14?,16-,18+,19?,20?/m0/s1. The Morgan fingerprint density at radius 3 is 2.52 bits per heavy atom. The van der Waals surface area contributed by atoms with Crippen LogP contribution in [-0.2, 0) is 19.2 Å². The third-order valence-electron chi connectivity index (χ3n) is 7.73. The van der Waals surface area contributed by atoms with Crippen molar-refractivity contribution in [1.82, 2.24) is 9.80 Å². The quantitative estimate of drug-likeness (QED) is 0.663. The van der Waals surface area contributed by atoms with Crippen molar-refractivity contribution in [3.05, 3.63) is 11.3 Å². The second-order valence-corrected chi connectivity index (χ2v) is 9.63. The number of alkyl halides is 3. The van der Waals surface area contributed by atoms with Gasteiger partial charge < -0.3 is 14.6 Å². The number of hydrogen-bond acceptors (Lipinski definition) is 7. The molecule has 1 N–H and O–H groups in total. The van der Waals surface area contributed by atoms with E-state index in [-0.39, 0.29) is 24.6 Å². The van der Waals surface area contributed by atoms with Gasteiger partial charge in [-0.25, -0.2) is 9.78 Å². The van der Waals surface area contributed by atoms with E-state index in [1.54, 1.807) is 6.92 Å².